The number of hydrogen-bond donors (Lipinski definition) is 4. The number of carbonyl (C=O) groups is 4. The molecule has 248 valence electrons. The number of para-hydroxylation sites is 2. The molecule has 2 atom stereocenters. The van der Waals surface area contributed by atoms with Gasteiger partial charge in [0.1, 0.15) is 16.9 Å². The number of carbonyl (C=O) groups excluding carboxylic acids is 3. The number of nitrogens with two attached hydrogens (primary N) is 1. The first-order valence-electron chi connectivity index (χ1n) is 13.5. The Kier molecular flexibility index (Phi) is 11.3. The van der Waals surface area contributed by atoms with Crippen molar-refractivity contribution in [2.45, 2.75) is 83.0 Å². The van der Waals surface area contributed by atoms with Gasteiger partial charge in [0.05, 0.1) is 23.3 Å². The summed E-state index contributed by atoms with van der Waals surface area (Å²) < 4.78 is 64.3. The minimum atomic E-state index is -5.08. The van der Waals surface area contributed by atoms with E-state index in [-0.39, 0.29) is 12.8 Å². The summed E-state index contributed by atoms with van der Waals surface area (Å²) in [4.78, 5) is 47.0. The Morgan fingerprint density at radius 2 is 1.56 bits per heavy atom. The number of halogens is 3. The van der Waals surface area contributed by atoms with Gasteiger partial charge in [-0.15, -0.1) is 0 Å². The molecule has 12 nitrogen and oxygen atoms in total. The van der Waals surface area contributed by atoms with Crippen LogP contribution in [0.15, 0.2) is 48.5 Å². The predicted octanol–water partition coefficient (Wildman–Crippen LogP) is 4.38. The topological polar surface area (TPSA) is 185 Å². The molecule has 0 aromatic heterocycles. The van der Waals surface area contributed by atoms with Crippen LogP contribution < -0.4 is 16.4 Å². The number of alkyl carbamates (subject to hydrolysis) is 1. The number of alkyl halides is 3. The van der Waals surface area contributed by atoms with Crippen molar-refractivity contribution < 1.29 is 50.6 Å². The van der Waals surface area contributed by atoms with Crippen molar-refractivity contribution in [3.05, 3.63) is 59.7 Å². The van der Waals surface area contributed by atoms with Crippen LogP contribution in [0.3, 0.4) is 0 Å². The van der Waals surface area contributed by atoms with Gasteiger partial charge in [0.15, 0.2) is 0 Å². The highest BCUT2D eigenvalue weighted by Crippen LogP contribution is 2.40. The summed E-state index contributed by atoms with van der Waals surface area (Å²) in [6, 6.07) is 12.4. The van der Waals surface area contributed by atoms with Crippen LogP contribution in [0.25, 0.3) is 0 Å². The molecular weight excluding hydrogens is 621 g/mol. The fourth-order valence-corrected chi connectivity index (χ4v) is 6.49. The molecule has 3 amide bonds. The molecule has 1 unspecified atom stereocenters. The van der Waals surface area contributed by atoms with Crippen LogP contribution in [0.2, 0.25) is 0 Å². The van der Waals surface area contributed by atoms with E-state index in [0.29, 0.717) is 22.5 Å². The first-order chi connectivity index (χ1) is 20.4. The van der Waals surface area contributed by atoms with Crippen LogP contribution in [0.1, 0.15) is 64.3 Å². The van der Waals surface area contributed by atoms with Gasteiger partial charge in [-0.1, -0.05) is 36.4 Å². The van der Waals surface area contributed by atoms with E-state index in [1.165, 1.54) is 0 Å². The van der Waals surface area contributed by atoms with Crippen molar-refractivity contribution in [3.8, 4) is 0 Å². The molecule has 16 heteroatoms. The number of carboxylic acid groups (broad SMARTS) is 1. The number of rotatable bonds is 6. The number of ether oxygens (including phenoxy) is 1. The molecule has 45 heavy (non-hydrogen) atoms. The number of nitrogens with zero attached hydrogens (tertiary/aromatic N) is 1. The Labute approximate surface area is 259 Å². The molecule has 1 aliphatic heterocycles. The summed E-state index contributed by atoms with van der Waals surface area (Å²) in [6.07, 6.45) is -5.88. The molecule has 1 aliphatic rings. The first-order valence-corrected chi connectivity index (χ1v) is 15.0. The number of amides is 3. The molecular formula is C29H37F3N4O8S. The molecule has 5 N–H and O–H groups in total. The zero-order valence-corrected chi connectivity index (χ0v) is 26.4. The van der Waals surface area contributed by atoms with Crippen LogP contribution in [0.5, 0.6) is 0 Å². The van der Waals surface area contributed by atoms with E-state index in [4.69, 9.17) is 20.4 Å². The quantitative estimate of drug-likeness (QED) is 0.327. The molecule has 1 fully saturated rings. The second-order valence-corrected chi connectivity index (χ2v) is 14.1. The average molecular weight is 659 g/mol. The third-order valence-electron chi connectivity index (χ3n) is 6.07. The second kappa shape index (κ2) is 13.7. The Balaban J connectivity index is 0.000000900. The van der Waals surface area contributed by atoms with Crippen LogP contribution in [-0.4, -0.2) is 65.1 Å². The number of benzene rings is 2. The van der Waals surface area contributed by atoms with Crippen molar-refractivity contribution >= 4 is 45.3 Å². The lowest BCUT2D eigenvalue weighted by Crippen LogP contribution is -2.47. The van der Waals surface area contributed by atoms with Gasteiger partial charge in [0.2, 0.25) is 21.8 Å². The molecule has 1 heterocycles. The average Bonchev–Trinajstić information content (AvgIpc) is 3.12. The molecule has 0 saturated carbocycles. The van der Waals surface area contributed by atoms with E-state index >= 15 is 0 Å². The minimum Gasteiger partial charge on any atom is -0.475 e. The fourth-order valence-electron chi connectivity index (χ4n) is 4.26. The number of hydrogen-bond acceptors (Lipinski definition) is 8. The van der Waals surface area contributed by atoms with Gasteiger partial charge in [-0.2, -0.15) is 13.2 Å². The van der Waals surface area contributed by atoms with Gasteiger partial charge < -0.3 is 26.2 Å². The molecule has 0 bridgehead atoms. The lowest BCUT2D eigenvalue weighted by Gasteiger charge is -2.30. The molecule has 0 spiro atoms. The van der Waals surface area contributed by atoms with Crippen molar-refractivity contribution in [2.24, 2.45) is 0 Å². The van der Waals surface area contributed by atoms with Crippen molar-refractivity contribution in [2.75, 3.05) is 11.1 Å². The van der Waals surface area contributed by atoms with Gasteiger partial charge >= 0.3 is 18.2 Å². The highest BCUT2D eigenvalue weighted by molar-refractivity contribution is 7.90. The highest BCUT2D eigenvalue weighted by atomic mass is 32.2. The number of nitrogen functional groups attached to an aromatic ring is 1. The maximum absolute atomic E-state index is 13.1. The summed E-state index contributed by atoms with van der Waals surface area (Å²) in [5, 5.41) is 11.5. The second-order valence-electron chi connectivity index (χ2n) is 12.1. The summed E-state index contributed by atoms with van der Waals surface area (Å²) in [6.45, 7) is 10.2. The third-order valence-corrected chi connectivity index (χ3v) is 8.49. The van der Waals surface area contributed by atoms with Crippen LogP contribution >= 0.6 is 0 Å². The van der Waals surface area contributed by atoms with E-state index in [9.17, 15) is 36.0 Å². The van der Waals surface area contributed by atoms with Gasteiger partial charge in [0, 0.05) is 6.42 Å². The third kappa shape index (κ3) is 10.4. The molecule has 0 radical (unpaired) electrons. The molecule has 0 aliphatic carbocycles. The lowest BCUT2D eigenvalue weighted by molar-refractivity contribution is -0.192. The summed E-state index contributed by atoms with van der Waals surface area (Å²) in [5.74, 6) is -3.69. The maximum atomic E-state index is 13.1. The maximum Gasteiger partial charge on any atom is 0.490 e. The number of anilines is 2. The van der Waals surface area contributed by atoms with Crippen molar-refractivity contribution in [3.63, 3.8) is 0 Å². The standard InChI is InChI=1S/C27H36N4O6S.C2HF3O2/c1-26(2,3)31-23(32)16-22(38(31,35)36)18-13-11-17(12-14-18)15-21(30-25(34)37-27(4,5)6)24(33)29-20-10-8-7-9-19(20)28;3-2(4,5)1(6)7/h7-14,21-22H,15-16,28H2,1-6H3,(H,29,33)(H,30,34);(H,6,7)/t21-,22?;/m0./s1. The van der Waals surface area contributed by atoms with E-state index in [0.717, 1.165) is 4.31 Å². The zero-order chi connectivity index (χ0) is 34.5. The van der Waals surface area contributed by atoms with E-state index in [1.807, 2.05) is 0 Å². The van der Waals surface area contributed by atoms with Crippen LogP contribution in [-0.2, 0) is 35.6 Å². The Bertz CT molecular complexity index is 1520. The molecule has 1 saturated heterocycles. The number of carboxylic acids is 1. The fraction of sp³-hybridized carbons (Fsp3) is 0.448. The Morgan fingerprint density at radius 1 is 1.02 bits per heavy atom. The zero-order valence-electron chi connectivity index (χ0n) is 25.6. The van der Waals surface area contributed by atoms with Crippen molar-refractivity contribution in [1.29, 1.82) is 0 Å². The predicted molar refractivity (Wildman–Crippen MR) is 159 cm³/mol. The van der Waals surface area contributed by atoms with E-state index in [1.54, 1.807) is 90.1 Å². The number of sulfonamides is 1. The summed E-state index contributed by atoms with van der Waals surface area (Å²) in [7, 11) is -3.87. The first kappa shape index (κ1) is 36.8. The number of aliphatic carboxylic acids is 1. The summed E-state index contributed by atoms with van der Waals surface area (Å²) >= 11 is 0. The number of nitrogens with one attached hydrogen (secondary N) is 2. The monoisotopic (exact) mass is 658 g/mol. The van der Waals surface area contributed by atoms with Crippen molar-refractivity contribution in [1.82, 2.24) is 9.62 Å². The van der Waals surface area contributed by atoms with Gasteiger partial charge in [-0.3, -0.25) is 9.59 Å². The Morgan fingerprint density at radius 3 is 2.00 bits per heavy atom. The SMILES string of the molecule is CC(C)(C)OC(=O)N[C@@H](Cc1ccc(C2CC(=O)N(C(C)(C)C)S2(=O)=O)cc1)C(=O)Nc1ccccc1N.O=C(O)C(F)(F)F. The Hall–Kier alpha value is -4.34. The van der Waals surface area contributed by atoms with Gasteiger partial charge in [-0.05, 0) is 64.8 Å². The largest absolute Gasteiger partial charge is 0.490 e. The minimum absolute atomic E-state index is 0.0998. The van der Waals surface area contributed by atoms with Gasteiger partial charge in [-0.25, -0.2) is 22.3 Å². The van der Waals surface area contributed by atoms with E-state index in [2.05, 4.69) is 10.6 Å². The normalized spacial score (nSPS) is 17.0. The van der Waals surface area contributed by atoms with Gasteiger partial charge in [0.25, 0.3) is 0 Å². The highest BCUT2D eigenvalue weighted by Gasteiger charge is 2.49. The van der Waals surface area contributed by atoms with Crippen LogP contribution in [0.4, 0.5) is 29.3 Å². The molecule has 2 aromatic carbocycles. The lowest BCUT2D eigenvalue weighted by atomic mass is 10.0. The molecule has 2 aromatic rings. The molecule has 3 rings (SSSR count). The van der Waals surface area contributed by atoms with Crippen LogP contribution in [0, 0.1) is 0 Å². The smallest absolute Gasteiger partial charge is 0.475 e. The summed E-state index contributed by atoms with van der Waals surface area (Å²) in [5.41, 5.74) is 6.25. The van der Waals surface area contributed by atoms with E-state index < -0.39 is 62.5 Å².